The highest BCUT2D eigenvalue weighted by Gasteiger charge is 2.54. The van der Waals surface area contributed by atoms with Crippen molar-refractivity contribution in [3.8, 4) is 16.9 Å². The van der Waals surface area contributed by atoms with Crippen LogP contribution in [0.4, 0.5) is 0 Å². The van der Waals surface area contributed by atoms with Crippen LogP contribution in [-0.4, -0.2) is 67.3 Å². The number of ether oxygens (including phenoxy) is 1. The summed E-state index contributed by atoms with van der Waals surface area (Å²) in [5, 5.41) is 16.6. The Morgan fingerprint density at radius 2 is 1.78 bits per heavy atom. The number of esters is 1. The molecule has 0 aliphatic carbocycles. The van der Waals surface area contributed by atoms with Crippen LogP contribution in [0.25, 0.3) is 16.9 Å². The molecule has 3 aromatic rings. The predicted octanol–water partition coefficient (Wildman–Crippen LogP) is 2.45. The number of para-hydroxylation sites is 1. The van der Waals surface area contributed by atoms with Gasteiger partial charge in [0.05, 0.1) is 11.3 Å². The third kappa shape index (κ3) is 4.60. The van der Waals surface area contributed by atoms with Crippen molar-refractivity contribution in [3.63, 3.8) is 0 Å². The summed E-state index contributed by atoms with van der Waals surface area (Å²) in [6.07, 6.45) is 1.61. The van der Waals surface area contributed by atoms with Gasteiger partial charge in [0, 0.05) is 30.0 Å². The summed E-state index contributed by atoms with van der Waals surface area (Å²) in [6, 6.07) is 17.7. The van der Waals surface area contributed by atoms with E-state index in [0.717, 1.165) is 16.2 Å². The number of hydrogen-bond acceptors (Lipinski definition) is 7. The molecule has 1 fully saturated rings. The molecule has 0 unspecified atom stereocenters. The maximum Gasteiger partial charge on any atom is 0.352 e. The van der Waals surface area contributed by atoms with Gasteiger partial charge in [-0.15, -0.1) is 11.8 Å². The number of thioether (sulfide) groups is 1. The lowest BCUT2D eigenvalue weighted by Crippen LogP contribution is -2.70. The number of aromatic nitrogens is 2. The predicted molar refractivity (Wildman–Crippen MR) is 135 cm³/mol. The first kappa shape index (κ1) is 24.3. The highest BCUT2D eigenvalue weighted by atomic mass is 32.2. The lowest BCUT2D eigenvalue weighted by atomic mass is 10.0. The van der Waals surface area contributed by atoms with E-state index in [1.165, 1.54) is 18.7 Å². The number of amides is 2. The Hall–Kier alpha value is -4.38. The molecule has 1 saturated heterocycles. The van der Waals surface area contributed by atoms with E-state index in [-0.39, 0.29) is 23.6 Å². The maximum absolute atomic E-state index is 13.4. The van der Waals surface area contributed by atoms with Gasteiger partial charge in [0.1, 0.15) is 29.4 Å². The SMILES string of the molecule is CC(=O)OCC1=C(C(=O)O)N2C(=O)[C@H](NC(=O)c3cn(-c4ccccc4)nc3-c3ccccc3)[C@H]2SC1. The smallest absolute Gasteiger partial charge is 0.352 e. The largest absolute Gasteiger partial charge is 0.477 e. The molecule has 37 heavy (non-hydrogen) atoms. The minimum absolute atomic E-state index is 0.206. The molecule has 0 spiro atoms. The van der Waals surface area contributed by atoms with Gasteiger partial charge in [0.15, 0.2) is 0 Å². The van der Waals surface area contributed by atoms with Crippen LogP contribution in [-0.2, 0) is 19.1 Å². The van der Waals surface area contributed by atoms with Crippen molar-refractivity contribution in [2.75, 3.05) is 12.4 Å². The van der Waals surface area contributed by atoms with Crippen LogP contribution in [0.3, 0.4) is 0 Å². The zero-order chi connectivity index (χ0) is 26.1. The lowest BCUT2D eigenvalue weighted by molar-refractivity contribution is -0.149. The van der Waals surface area contributed by atoms with Crippen LogP contribution in [0, 0.1) is 0 Å². The molecular weight excluding hydrogens is 496 g/mol. The number of carboxylic acid groups (broad SMARTS) is 1. The standard InChI is InChI=1S/C26H22N4O6S/c1-15(31)36-13-17-14-37-25-21(24(33)30(25)22(17)26(34)35)27-23(32)19-12-29(18-10-6-3-7-11-18)28-20(19)16-8-4-2-5-9-16/h2-12,21,25H,13-14H2,1H3,(H,27,32)(H,34,35)/t21-,25+/m0/s1. The van der Waals surface area contributed by atoms with Crippen molar-refractivity contribution < 1.29 is 29.0 Å². The normalized spacial score (nSPS) is 18.6. The van der Waals surface area contributed by atoms with E-state index < -0.39 is 35.2 Å². The lowest BCUT2D eigenvalue weighted by Gasteiger charge is -2.49. The van der Waals surface area contributed by atoms with Gasteiger partial charge in [-0.25, -0.2) is 9.48 Å². The van der Waals surface area contributed by atoms with Crippen LogP contribution in [0.2, 0.25) is 0 Å². The number of β-lactam (4-membered cyclic amide) rings is 1. The van der Waals surface area contributed by atoms with Crippen LogP contribution in [0.15, 0.2) is 78.1 Å². The van der Waals surface area contributed by atoms with Gasteiger partial charge < -0.3 is 15.2 Å². The van der Waals surface area contributed by atoms with Gasteiger partial charge in [0.2, 0.25) is 0 Å². The third-order valence-electron chi connectivity index (χ3n) is 6.01. The van der Waals surface area contributed by atoms with Crippen LogP contribution < -0.4 is 5.32 Å². The Bertz CT molecular complexity index is 1420. The number of carbonyl (C=O) groups is 4. The van der Waals surface area contributed by atoms with Crippen molar-refractivity contribution in [3.05, 3.63) is 83.7 Å². The summed E-state index contributed by atoms with van der Waals surface area (Å²) in [4.78, 5) is 50.7. The quantitative estimate of drug-likeness (QED) is 0.360. The van der Waals surface area contributed by atoms with E-state index in [2.05, 4.69) is 10.4 Å². The van der Waals surface area contributed by atoms with E-state index in [1.54, 1.807) is 10.9 Å². The number of aliphatic carboxylic acids is 1. The summed E-state index contributed by atoms with van der Waals surface area (Å²) in [7, 11) is 0. The van der Waals surface area contributed by atoms with Crippen molar-refractivity contribution in [1.29, 1.82) is 0 Å². The van der Waals surface area contributed by atoms with Crippen molar-refractivity contribution in [2.24, 2.45) is 0 Å². The monoisotopic (exact) mass is 518 g/mol. The molecule has 0 saturated carbocycles. The molecule has 2 atom stereocenters. The summed E-state index contributed by atoms with van der Waals surface area (Å²) in [6.45, 7) is 1.01. The van der Waals surface area contributed by atoms with Crippen LogP contribution in [0.5, 0.6) is 0 Å². The fraction of sp³-hybridized carbons (Fsp3) is 0.192. The van der Waals surface area contributed by atoms with E-state index in [9.17, 15) is 24.3 Å². The zero-order valence-electron chi connectivity index (χ0n) is 19.7. The number of fused-ring (bicyclic) bond motifs is 1. The molecule has 0 radical (unpaired) electrons. The first-order chi connectivity index (χ1) is 17.8. The second-order valence-electron chi connectivity index (χ2n) is 8.44. The Morgan fingerprint density at radius 1 is 1.11 bits per heavy atom. The first-order valence-corrected chi connectivity index (χ1v) is 12.4. The number of carboxylic acids is 1. The van der Waals surface area contributed by atoms with Gasteiger partial charge in [-0.1, -0.05) is 48.5 Å². The Labute approximate surface area is 215 Å². The van der Waals surface area contributed by atoms with Crippen molar-refractivity contribution in [2.45, 2.75) is 18.3 Å². The number of carbonyl (C=O) groups excluding carboxylic acids is 3. The fourth-order valence-corrected chi connectivity index (χ4v) is 5.59. The van der Waals surface area contributed by atoms with Gasteiger partial charge >= 0.3 is 11.9 Å². The molecule has 2 N–H and O–H groups in total. The van der Waals surface area contributed by atoms with Gasteiger partial charge in [-0.3, -0.25) is 19.3 Å². The molecule has 11 heteroatoms. The van der Waals surface area contributed by atoms with Crippen molar-refractivity contribution >= 4 is 35.5 Å². The number of rotatable bonds is 7. The number of hydrogen-bond donors (Lipinski definition) is 2. The van der Waals surface area contributed by atoms with E-state index in [4.69, 9.17) is 4.74 Å². The second-order valence-corrected chi connectivity index (χ2v) is 9.54. The average molecular weight is 519 g/mol. The highest BCUT2D eigenvalue weighted by Crippen LogP contribution is 2.40. The topological polar surface area (TPSA) is 131 Å². The highest BCUT2D eigenvalue weighted by molar-refractivity contribution is 8.00. The molecular formula is C26H22N4O6S. The van der Waals surface area contributed by atoms with Gasteiger partial charge in [-0.2, -0.15) is 5.10 Å². The summed E-state index contributed by atoms with van der Waals surface area (Å²) in [5.41, 5.74) is 2.37. The van der Waals surface area contributed by atoms with E-state index in [1.807, 2.05) is 60.7 Å². The summed E-state index contributed by atoms with van der Waals surface area (Å²) >= 11 is 1.30. The van der Waals surface area contributed by atoms with E-state index >= 15 is 0 Å². The molecule has 0 bridgehead atoms. The molecule has 188 valence electrons. The molecule has 2 amide bonds. The minimum atomic E-state index is -1.29. The summed E-state index contributed by atoms with van der Waals surface area (Å²) < 4.78 is 6.56. The van der Waals surface area contributed by atoms with Gasteiger partial charge in [-0.05, 0) is 12.1 Å². The zero-order valence-corrected chi connectivity index (χ0v) is 20.5. The summed E-state index contributed by atoms with van der Waals surface area (Å²) in [5.74, 6) is -2.63. The van der Waals surface area contributed by atoms with Gasteiger partial charge in [0.25, 0.3) is 11.8 Å². The third-order valence-corrected chi connectivity index (χ3v) is 7.35. The van der Waals surface area contributed by atoms with Crippen molar-refractivity contribution in [1.82, 2.24) is 20.0 Å². The molecule has 2 aliphatic heterocycles. The Kier molecular flexibility index (Phi) is 6.53. The Morgan fingerprint density at radius 3 is 2.43 bits per heavy atom. The molecule has 2 aliphatic rings. The van der Waals surface area contributed by atoms with Crippen LogP contribution in [0.1, 0.15) is 17.3 Å². The molecule has 5 rings (SSSR count). The molecule has 1 aromatic heterocycles. The fourth-order valence-electron chi connectivity index (χ4n) is 4.26. The number of benzene rings is 2. The number of nitrogens with zero attached hydrogens (tertiary/aromatic N) is 3. The van der Waals surface area contributed by atoms with E-state index in [0.29, 0.717) is 11.3 Å². The Balaban J connectivity index is 1.41. The second kappa shape index (κ2) is 9.94. The maximum atomic E-state index is 13.4. The minimum Gasteiger partial charge on any atom is -0.477 e. The molecule has 2 aromatic carbocycles. The molecule has 3 heterocycles. The van der Waals surface area contributed by atoms with Crippen LogP contribution >= 0.6 is 11.8 Å². The molecule has 10 nitrogen and oxygen atoms in total. The average Bonchev–Trinajstić information content (AvgIpc) is 3.36. The first-order valence-electron chi connectivity index (χ1n) is 11.4. The number of nitrogens with one attached hydrogen (secondary N) is 1.